The minimum Gasteiger partial charge on any atom is -0.467 e. The molecule has 0 unspecified atom stereocenters. The van der Waals surface area contributed by atoms with E-state index in [1.807, 2.05) is 18.2 Å². The average molecular weight is 348 g/mol. The zero-order valence-corrected chi connectivity index (χ0v) is 14.5. The second kappa shape index (κ2) is 5.59. The van der Waals surface area contributed by atoms with Crippen molar-refractivity contribution in [3.63, 3.8) is 0 Å². The summed E-state index contributed by atoms with van der Waals surface area (Å²) in [6, 6.07) is 11.7. The quantitative estimate of drug-likeness (QED) is 0.773. The zero-order valence-electron chi connectivity index (χ0n) is 14.5. The van der Waals surface area contributed by atoms with Crippen molar-refractivity contribution in [3.8, 4) is 11.3 Å². The molecule has 1 aromatic carbocycles. The van der Waals surface area contributed by atoms with E-state index in [1.165, 1.54) is 10.1 Å². The van der Waals surface area contributed by atoms with E-state index in [1.54, 1.807) is 18.4 Å². The molecule has 1 N–H and O–H groups in total. The number of nitrogens with one attached hydrogen (secondary N) is 1. The van der Waals surface area contributed by atoms with Gasteiger partial charge >= 0.3 is 5.69 Å². The number of furan rings is 1. The molecule has 0 amide bonds. The van der Waals surface area contributed by atoms with Crippen LogP contribution in [0.4, 0.5) is 0 Å². The van der Waals surface area contributed by atoms with Crippen LogP contribution in [0.1, 0.15) is 42.6 Å². The van der Waals surface area contributed by atoms with Crippen molar-refractivity contribution in [3.05, 3.63) is 80.4 Å². The van der Waals surface area contributed by atoms with Crippen LogP contribution in [0.3, 0.4) is 0 Å². The Hall–Kier alpha value is -2.82. The predicted molar refractivity (Wildman–Crippen MR) is 98.4 cm³/mol. The fourth-order valence-corrected chi connectivity index (χ4v) is 4.82. The van der Waals surface area contributed by atoms with Crippen LogP contribution in [0.25, 0.3) is 11.3 Å². The number of nitrogens with zero attached hydrogens (tertiary/aromatic N) is 1. The van der Waals surface area contributed by atoms with Crippen LogP contribution in [0.2, 0.25) is 0 Å². The molecule has 2 aromatic heterocycles. The normalized spacial score (nSPS) is 17.2. The Morgan fingerprint density at radius 2 is 1.88 bits per heavy atom. The summed E-state index contributed by atoms with van der Waals surface area (Å²) in [6.45, 7) is 0.159. The topological polar surface area (TPSA) is 68.0 Å². The smallest absolute Gasteiger partial charge is 0.329 e. The Morgan fingerprint density at radius 3 is 2.65 bits per heavy atom. The fraction of sp³-hybridized carbons (Fsp3) is 0.333. The largest absolute Gasteiger partial charge is 0.467 e. The van der Waals surface area contributed by atoms with Crippen LogP contribution in [0.5, 0.6) is 0 Å². The molecule has 26 heavy (non-hydrogen) atoms. The van der Waals surface area contributed by atoms with E-state index >= 15 is 0 Å². The molecule has 2 aliphatic rings. The van der Waals surface area contributed by atoms with Gasteiger partial charge in [-0.15, -0.1) is 0 Å². The molecule has 1 spiro atoms. The highest BCUT2D eigenvalue weighted by molar-refractivity contribution is 5.71. The zero-order chi connectivity index (χ0) is 17.7. The van der Waals surface area contributed by atoms with Crippen molar-refractivity contribution in [2.24, 2.45) is 0 Å². The number of aromatic amines is 1. The van der Waals surface area contributed by atoms with Gasteiger partial charge in [0.25, 0.3) is 5.56 Å². The number of H-pyrrole nitrogens is 1. The lowest BCUT2D eigenvalue weighted by atomic mass is 9.68. The first kappa shape index (κ1) is 15.4. The monoisotopic (exact) mass is 348 g/mol. The molecule has 0 radical (unpaired) electrons. The molecule has 1 fully saturated rings. The van der Waals surface area contributed by atoms with E-state index in [0.717, 1.165) is 48.9 Å². The summed E-state index contributed by atoms with van der Waals surface area (Å²) in [4.78, 5) is 29.2. The van der Waals surface area contributed by atoms with Crippen molar-refractivity contribution in [2.45, 2.75) is 44.1 Å². The number of fused-ring (bicyclic) bond motifs is 4. The summed E-state index contributed by atoms with van der Waals surface area (Å²) >= 11 is 0. The van der Waals surface area contributed by atoms with Crippen molar-refractivity contribution >= 4 is 0 Å². The predicted octanol–water partition coefficient (Wildman–Crippen LogP) is 3.21. The average Bonchev–Trinajstić information content (AvgIpc) is 3.31. The van der Waals surface area contributed by atoms with Crippen LogP contribution in [0, 0.1) is 0 Å². The van der Waals surface area contributed by atoms with Gasteiger partial charge in [0.2, 0.25) is 0 Å². The van der Waals surface area contributed by atoms with Crippen molar-refractivity contribution < 1.29 is 4.42 Å². The van der Waals surface area contributed by atoms with Gasteiger partial charge in [-0.3, -0.25) is 9.36 Å². The van der Waals surface area contributed by atoms with Crippen LogP contribution in [-0.2, 0) is 18.4 Å². The third kappa shape index (κ3) is 2.16. The Labute approximate surface area is 150 Å². The van der Waals surface area contributed by atoms with Gasteiger partial charge in [0.1, 0.15) is 5.76 Å². The van der Waals surface area contributed by atoms with E-state index in [-0.39, 0.29) is 23.2 Å². The standard InChI is InChI=1S/C21H20N2O3/c24-19-17-18(22-20(25)23(19)13-15-7-5-11-26-15)16-8-2-1-6-14(16)12-21(17)9-3-4-10-21/h1-2,5-8,11H,3-4,9-10,12-13H2,(H,22,25). The molecule has 2 aliphatic carbocycles. The summed E-state index contributed by atoms with van der Waals surface area (Å²) in [5, 5.41) is 0. The Morgan fingerprint density at radius 1 is 1.08 bits per heavy atom. The first-order valence-corrected chi connectivity index (χ1v) is 9.16. The van der Waals surface area contributed by atoms with Gasteiger partial charge in [-0.2, -0.15) is 0 Å². The lowest BCUT2D eigenvalue weighted by Gasteiger charge is -2.36. The molecule has 1 saturated carbocycles. The lowest BCUT2D eigenvalue weighted by molar-refractivity contribution is 0.416. The SMILES string of the molecule is O=c1[nH]c2c(c(=O)n1Cc1ccco1)C1(CCCC1)Cc1ccccc1-2. The molecule has 0 atom stereocenters. The van der Waals surface area contributed by atoms with Crippen molar-refractivity contribution in [1.82, 2.24) is 9.55 Å². The maximum absolute atomic E-state index is 13.4. The third-order valence-electron chi connectivity index (χ3n) is 5.99. The molecule has 3 aromatic rings. The number of hydrogen-bond acceptors (Lipinski definition) is 3. The van der Waals surface area contributed by atoms with Crippen molar-refractivity contribution in [1.29, 1.82) is 0 Å². The van der Waals surface area contributed by atoms with E-state index < -0.39 is 0 Å². The Kier molecular flexibility index (Phi) is 3.32. The molecular weight excluding hydrogens is 328 g/mol. The maximum atomic E-state index is 13.4. The highest BCUT2D eigenvalue weighted by Crippen LogP contribution is 2.49. The fourth-order valence-electron chi connectivity index (χ4n) is 4.82. The van der Waals surface area contributed by atoms with Gasteiger partial charge < -0.3 is 9.40 Å². The summed E-state index contributed by atoms with van der Waals surface area (Å²) in [5.74, 6) is 0.606. The molecule has 2 heterocycles. The second-order valence-corrected chi connectivity index (χ2v) is 7.47. The van der Waals surface area contributed by atoms with Crippen LogP contribution < -0.4 is 11.2 Å². The number of aromatic nitrogens is 2. The number of rotatable bonds is 2. The Balaban J connectivity index is 1.78. The van der Waals surface area contributed by atoms with Crippen LogP contribution >= 0.6 is 0 Å². The molecular formula is C21H20N2O3. The number of hydrogen-bond donors (Lipinski definition) is 1. The van der Waals surface area contributed by atoms with Crippen molar-refractivity contribution in [2.75, 3.05) is 0 Å². The van der Waals surface area contributed by atoms with Crippen LogP contribution in [0.15, 0.2) is 56.7 Å². The lowest BCUT2D eigenvalue weighted by Crippen LogP contribution is -2.45. The molecule has 0 bridgehead atoms. The van der Waals surface area contributed by atoms with E-state index in [9.17, 15) is 9.59 Å². The van der Waals surface area contributed by atoms with Gasteiger partial charge in [-0.05, 0) is 37.0 Å². The molecule has 5 nitrogen and oxygen atoms in total. The van der Waals surface area contributed by atoms with Gasteiger partial charge in [0.05, 0.1) is 18.5 Å². The Bertz CT molecular complexity index is 1080. The molecule has 5 rings (SSSR count). The molecule has 0 saturated heterocycles. The molecule has 0 aliphatic heterocycles. The second-order valence-electron chi connectivity index (χ2n) is 7.47. The minimum absolute atomic E-state index is 0.157. The van der Waals surface area contributed by atoms with E-state index in [2.05, 4.69) is 11.1 Å². The maximum Gasteiger partial charge on any atom is 0.329 e. The van der Waals surface area contributed by atoms with Gasteiger partial charge in [0, 0.05) is 16.5 Å². The van der Waals surface area contributed by atoms with E-state index in [4.69, 9.17) is 4.42 Å². The van der Waals surface area contributed by atoms with E-state index in [0.29, 0.717) is 5.76 Å². The van der Waals surface area contributed by atoms with Gasteiger partial charge in [-0.1, -0.05) is 37.1 Å². The summed E-state index contributed by atoms with van der Waals surface area (Å²) in [6.07, 6.45) is 6.67. The molecule has 5 heteroatoms. The first-order valence-electron chi connectivity index (χ1n) is 9.16. The van der Waals surface area contributed by atoms with Gasteiger partial charge in [0.15, 0.2) is 0 Å². The first-order chi connectivity index (χ1) is 12.7. The number of benzene rings is 1. The van der Waals surface area contributed by atoms with Gasteiger partial charge in [-0.25, -0.2) is 4.79 Å². The summed E-state index contributed by atoms with van der Waals surface area (Å²) in [5.41, 5.74) is 3.02. The van der Waals surface area contributed by atoms with Crippen LogP contribution in [-0.4, -0.2) is 9.55 Å². The third-order valence-corrected chi connectivity index (χ3v) is 5.99. The highest BCUT2D eigenvalue weighted by Gasteiger charge is 2.44. The highest BCUT2D eigenvalue weighted by atomic mass is 16.3. The summed E-state index contributed by atoms with van der Waals surface area (Å²) < 4.78 is 6.64. The minimum atomic E-state index is -0.380. The summed E-state index contributed by atoms with van der Waals surface area (Å²) in [7, 11) is 0. The molecule has 132 valence electrons.